The van der Waals surface area contributed by atoms with E-state index in [1.54, 1.807) is 18.2 Å². The lowest BCUT2D eigenvalue weighted by atomic mass is 10.1. The minimum atomic E-state index is -0.965. The minimum Gasteiger partial charge on any atom is -0.490 e. The number of rotatable bonds is 10. The van der Waals surface area contributed by atoms with Gasteiger partial charge in [0.1, 0.15) is 0 Å². The number of hydrazine groups is 1. The first-order valence-corrected chi connectivity index (χ1v) is 8.47. The first-order valence-electron chi connectivity index (χ1n) is 8.47. The summed E-state index contributed by atoms with van der Waals surface area (Å²) in [7, 11) is 0. The summed E-state index contributed by atoms with van der Waals surface area (Å²) < 4.78 is 10.9. The summed E-state index contributed by atoms with van der Waals surface area (Å²) in [6.45, 7) is 2.13. The number of benzene rings is 2. The lowest BCUT2D eigenvalue weighted by Gasteiger charge is -2.14. The number of carboxylic acid groups (broad SMARTS) is 1. The number of para-hydroxylation sites is 2. The van der Waals surface area contributed by atoms with Gasteiger partial charge >= 0.3 is 5.97 Å². The maximum absolute atomic E-state index is 12.1. The van der Waals surface area contributed by atoms with Crippen LogP contribution in [-0.4, -0.2) is 30.2 Å². The lowest BCUT2D eigenvalue weighted by Crippen LogP contribution is -2.39. The average Bonchev–Trinajstić information content (AvgIpc) is 2.68. The third kappa shape index (κ3) is 6.74. The van der Waals surface area contributed by atoms with Crippen LogP contribution >= 0.6 is 0 Å². The zero-order valence-corrected chi connectivity index (χ0v) is 15.0. The summed E-state index contributed by atoms with van der Waals surface area (Å²) >= 11 is 0. The Balaban J connectivity index is 1.94. The number of hydrogen-bond acceptors (Lipinski definition) is 5. The van der Waals surface area contributed by atoms with Crippen molar-refractivity contribution >= 4 is 17.6 Å². The van der Waals surface area contributed by atoms with Gasteiger partial charge in [0.15, 0.2) is 18.1 Å². The second-order valence-corrected chi connectivity index (χ2v) is 5.42. The molecule has 0 aliphatic carbocycles. The molecule has 142 valence electrons. The van der Waals surface area contributed by atoms with Gasteiger partial charge in [0, 0.05) is 0 Å². The van der Waals surface area contributed by atoms with Crippen LogP contribution in [0.4, 0.5) is 0 Å². The predicted octanol–water partition coefficient (Wildman–Crippen LogP) is 2.60. The Labute approximate surface area is 157 Å². The first kappa shape index (κ1) is 19.8. The van der Waals surface area contributed by atoms with Crippen molar-refractivity contribution < 1.29 is 24.2 Å². The fourth-order valence-electron chi connectivity index (χ4n) is 2.21. The molecule has 27 heavy (non-hydrogen) atoms. The van der Waals surface area contributed by atoms with Gasteiger partial charge in [0.2, 0.25) is 0 Å². The number of amides is 1. The molecular weight excluding hydrogens is 348 g/mol. The number of carbonyl (C=O) groups is 2. The van der Waals surface area contributed by atoms with Crippen LogP contribution in [0.2, 0.25) is 0 Å². The molecule has 0 unspecified atom stereocenters. The molecule has 0 saturated heterocycles. The highest BCUT2D eigenvalue weighted by Crippen LogP contribution is 2.26. The summed E-state index contributed by atoms with van der Waals surface area (Å²) in [6, 6.07) is 16.2. The van der Waals surface area contributed by atoms with E-state index in [4.69, 9.17) is 14.6 Å². The van der Waals surface area contributed by atoms with E-state index in [1.165, 1.54) is 6.08 Å². The maximum atomic E-state index is 12.1. The molecule has 0 heterocycles. The van der Waals surface area contributed by atoms with Crippen LogP contribution in [0.5, 0.6) is 11.5 Å². The molecule has 7 nitrogen and oxygen atoms in total. The van der Waals surface area contributed by atoms with Crippen LogP contribution < -0.4 is 20.3 Å². The van der Waals surface area contributed by atoms with E-state index in [0.29, 0.717) is 23.8 Å². The Bertz CT molecular complexity index is 790. The standard InChI is InChI=1S/C20H22N2O5/c1-2-26-17-10-6-7-11-18(17)27-14-19(23)22-21-16(12-13-20(24)25)15-8-4-3-5-9-15/h3-12,21H,2,13-14H2,1H3,(H,22,23)(H,24,25). The van der Waals surface area contributed by atoms with Gasteiger partial charge in [-0.15, -0.1) is 0 Å². The van der Waals surface area contributed by atoms with Gasteiger partial charge in [-0.25, -0.2) is 0 Å². The average molecular weight is 370 g/mol. The Hall–Kier alpha value is -3.48. The number of carbonyl (C=O) groups excluding carboxylic acids is 1. The van der Waals surface area contributed by atoms with Crippen LogP contribution in [0.15, 0.2) is 60.7 Å². The largest absolute Gasteiger partial charge is 0.490 e. The quantitative estimate of drug-likeness (QED) is 0.556. The summed E-state index contributed by atoms with van der Waals surface area (Å²) in [5.74, 6) is -0.350. The van der Waals surface area contributed by atoms with Crippen LogP contribution in [0.3, 0.4) is 0 Å². The third-order valence-corrected chi connectivity index (χ3v) is 3.41. The van der Waals surface area contributed by atoms with Crippen molar-refractivity contribution in [2.75, 3.05) is 13.2 Å². The van der Waals surface area contributed by atoms with Crippen LogP contribution in [0.25, 0.3) is 5.70 Å². The molecule has 1 amide bonds. The zero-order valence-electron chi connectivity index (χ0n) is 15.0. The van der Waals surface area contributed by atoms with Crippen LogP contribution in [0, 0.1) is 0 Å². The van der Waals surface area contributed by atoms with Crippen molar-refractivity contribution in [3.63, 3.8) is 0 Å². The van der Waals surface area contributed by atoms with Gasteiger partial charge in [-0.2, -0.15) is 0 Å². The Morgan fingerprint density at radius 2 is 1.59 bits per heavy atom. The lowest BCUT2D eigenvalue weighted by molar-refractivity contribution is -0.136. The number of aliphatic carboxylic acids is 1. The highest BCUT2D eigenvalue weighted by atomic mass is 16.5. The maximum Gasteiger partial charge on any atom is 0.307 e. The van der Waals surface area contributed by atoms with E-state index in [1.807, 2.05) is 43.3 Å². The number of nitrogens with one attached hydrogen (secondary N) is 2. The van der Waals surface area contributed by atoms with Crippen molar-refractivity contribution in [3.8, 4) is 11.5 Å². The molecule has 0 saturated carbocycles. The smallest absolute Gasteiger partial charge is 0.307 e. The molecule has 0 fully saturated rings. The molecule has 3 N–H and O–H groups in total. The monoisotopic (exact) mass is 370 g/mol. The second-order valence-electron chi connectivity index (χ2n) is 5.42. The molecule has 0 bridgehead atoms. The van der Waals surface area contributed by atoms with Gasteiger partial charge in [-0.05, 0) is 30.7 Å². The molecule has 2 rings (SSSR count). The van der Waals surface area contributed by atoms with Crippen molar-refractivity contribution in [2.45, 2.75) is 13.3 Å². The Morgan fingerprint density at radius 1 is 0.963 bits per heavy atom. The van der Waals surface area contributed by atoms with Crippen LogP contribution in [-0.2, 0) is 9.59 Å². The Kier molecular flexibility index (Phi) is 7.71. The van der Waals surface area contributed by atoms with Gasteiger partial charge in [0.25, 0.3) is 5.91 Å². The SMILES string of the molecule is CCOc1ccccc1OCC(=O)NNC(=CCC(=O)O)c1ccccc1. The van der Waals surface area contributed by atoms with E-state index in [0.717, 1.165) is 5.56 Å². The molecule has 0 atom stereocenters. The van der Waals surface area contributed by atoms with E-state index in [2.05, 4.69) is 10.9 Å². The van der Waals surface area contributed by atoms with E-state index in [-0.39, 0.29) is 13.0 Å². The fourth-order valence-corrected chi connectivity index (χ4v) is 2.21. The summed E-state index contributed by atoms with van der Waals surface area (Å²) in [4.78, 5) is 22.9. The van der Waals surface area contributed by atoms with E-state index >= 15 is 0 Å². The van der Waals surface area contributed by atoms with Crippen LogP contribution in [0.1, 0.15) is 18.9 Å². The first-order chi connectivity index (χ1) is 13.1. The highest BCUT2D eigenvalue weighted by Gasteiger charge is 2.08. The van der Waals surface area contributed by atoms with Crippen molar-refractivity contribution in [1.82, 2.24) is 10.9 Å². The molecular formula is C20H22N2O5. The topological polar surface area (TPSA) is 96.9 Å². The molecule has 2 aromatic rings. The molecule has 0 radical (unpaired) electrons. The van der Waals surface area contributed by atoms with Crippen molar-refractivity contribution in [3.05, 3.63) is 66.2 Å². The molecule has 7 heteroatoms. The zero-order chi connectivity index (χ0) is 19.5. The van der Waals surface area contributed by atoms with Crippen molar-refractivity contribution in [2.24, 2.45) is 0 Å². The normalized spacial score (nSPS) is 10.8. The molecule has 0 aliphatic heterocycles. The third-order valence-electron chi connectivity index (χ3n) is 3.41. The molecule has 0 spiro atoms. The van der Waals surface area contributed by atoms with E-state index in [9.17, 15) is 9.59 Å². The minimum absolute atomic E-state index is 0.175. The highest BCUT2D eigenvalue weighted by molar-refractivity contribution is 5.79. The summed E-state index contributed by atoms with van der Waals surface area (Å²) in [5.41, 5.74) is 6.50. The number of carboxylic acids is 1. The van der Waals surface area contributed by atoms with E-state index < -0.39 is 11.9 Å². The predicted molar refractivity (Wildman–Crippen MR) is 101 cm³/mol. The molecule has 2 aromatic carbocycles. The summed E-state index contributed by atoms with van der Waals surface area (Å²) in [5, 5.41) is 8.88. The fraction of sp³-hybridized carbons (Fsp3) is 0.200. The van der Waals surface area contributed by atoms with Crippen molar-refractivity contribution in [1.29, 1.82) is 0 Å². The number of hydrogen-bond donors (Lipinski definition) is 3. The van der Waals surface area contributed by atoms with Gasteiger partial charge < -0.3 is 14.6 Å². The second kappa shape index (κ2) is 10.5. The van der Waals surface area contributed by atoms with Gasteiger partial charge in [0.05, 0.1) is 18.7 Å². The van der Waals surface area contributed by atoms with Gasteiger partial charge in [-0.3, -0.25) is 20.4 Å². The molecule has 0 aliphatic rings. The molecule has 0 aromatic heterocycles. The van der Waals surface area contributed by atoms with Gasteiger partial charge in [-0.1, -0.05) is 42.5 Å². The summed E-state index contributed by atoms with van der Waals surface area (Å²) in [6.07, 6.45) is 1.31. The number of ether oxygens (including phenoxy) is 2. The Morgan fingerprint density at radius 3 is 2.22 bits per heavy atom.